The topological polar surface area (TPSA) is 96.7 Å². The van der Waals surface area contributed by atoms with Gasteiger partial charge in [-0.15, -0.1) is 11.3 Å². The van der Waals surface area contributed by atoms with Crippen LogP contribution in [0.5, 0.6) is 0 Å². The Labute approximate surface area is 109 Å². The third-order valence-corrected chi connectivity index (χ3v) is 3.30. The highest BCUT2D eigenvalue weighted by atomic mass is 32.1. The number of aryl methyl sites for hydroxylation is 1. The molecule has 2 rings (SSSR count). The first-order chi connectivity index (χ1) is 8.72. The first-order valence-electron chi connectivity index (χ1n) is 5.73. The standard InChI is InChI=1S/C11H15N5OS/c1-2-7-5-9(16-15-7)14-11(17)8-6-18-10(13-8)3-4-12/h5-6H,2-4,12H2,1H3,(H2,14,15,16,17). The van der Waals surface area contributed by atoms with Gasteiger partial charge < -0.3 is 11.1 Å². The third-order valence-electron chi connectivity index (χ3n) is 2.40. The molecule has 2 aromatic rings. The van der Waals surface area contributed by atoms with Crippen molar-refractivity contribution in [3.8, 4) is 0 Å². The lowest BCUT2D eigenvalue weighted by molar-refractivity contribution is 0.102. The van der Waals surface area contributed by atoms with Gasteiger partial charge in [0, 0.05) is 23.6 Å². The Morgan fingerprint density at radius 1 is 1.61 bits per heavy atom. The summed E-state index contributed by atoms with van der Waals surface area (Å²) < 4.78 is 0. The van der Waals surface area contributed by atoms with Gasteiger partial charge in [-0.1, -0.05) is 6.92 Å². The van der Waals surface area contributed by atoms with Gasteiger partial charge in [-0.2, -0.15) is 5.10 Å². The van der Waals surface area contributed by atoms with E-state index in [4.69, 9.17) is 5.73 Å². The predicted molar refractivity (Wildman–Crippen MR) is 70.8 cm³/mol. The van der Waals surface area contributed by atoms with Crippen molar-refractivity contribution in [3.05, 3.63) is 27.8 Å². The molecule has 0 aliphatic heterocycles. The van der Waals surface area contributed by atoms with Crippen LogP contribution in [0.15, 0.2) is 11.4 Å². The lowest BCUT2D eigenvalue weighted by Gasteiger charge is -1.97. The fourth-order valence-corrected chi connectivity index (χ4v) is 2.23. The number of nitrogens with zero attached hydrogens (tertiary/aromatic N) is 2. The summed E-state index contributed by atoms with van der Waals surface area (Å²) in [5, 5.41) is 12.1. The van der Waals surface area contributed by atoms with Crippen LogP contribution in [0.25, 0.3) is 0 Å². The molecule has 2 heterocycles. The number of carbonyl (C=O) groups is 1. The minimum Gasteiger partial charge on any atom is -0.330 e. The third kappa shape index (κ3) is 2.93. The van der Waals surface area contributed by atoms with Crippen molar-refractivity contribution in [2.75, 3.05) is 11.9 Å². The van der Waals surface area contributed by atoms with Crippen molar-refractivity contribution >= 4 is 23.1 Å². The molecular formula is C11H15N5OS. The van der Waals surface area contributed by atoms with Crippen LogP contribution >= 0.6 is 11.3 Å². The zero-order valence-corrected chi connectivity index (χ0v) is 10.9. The lowest BCUT2D eigenvalue weighted by atomic mass is 10.3. The molecule has 0 saturated heterocycles. The number of anilines is 1. The molecule has 0 atom stereocenters. The molecular weight excluding hydrogens is 250 g/mol. The molecule has 1 amide bonds. The molecule has 0 saturated carbocycles. The maximum Gasteiger partial charge on any atom is 0.276 e. The van der Waals surface area contributed by atoms with Gasteiger partial charge in [0.15, 0.2) is 5.82 Å². The zero-order chi connectivity index (χ0) is 13.0. The van der Waals surface area contributed by atoms with E-state index in [1.807, 2.05) is 13.0 Å². The minimum absolute atomic E-state index is 0.247. The van der Waals surface area contributed by atoms with Crippen molar-refractivity contribution < 1.29 is 4.79 Å². The summed E-state index contributed by atoms with van der Waals surface area (Å²) >= 11 is 1.44. The Kier molecular flexibility index (Phi) is 4.06. The first-order valence-corrected chi connectivity index (χ1v) is 6.61. The lowest BCUT2D eigenvalue weighted by Crippen LogP contribution is -2.13. The van der Waals surface area contributed by atoms with E-state index in [-0.39, 0.29) is 5.91 Å². The van der Waals surface area contributed by atoms with Crippen LogP contribution in [0.3, 0.4) is 0 Å². The van der Waals surface area contributed by atoms with Crippen LogP contribution in [0.4, 0.5) is 5.82 Å². The molecule has 0 aromatic carbocycles. The van der Waals surface area contributed by atoms with Crippen LogP contribution in [0.2, 0.25) is 0 Å². The number of thiazole rings is 1. The average Bonchev–Trinajstić information content (AvgIpc) is 2.98. The van der Waals surface area contributed by atoms with E-state index in [2.05, 4.69) is 20.5 Å². The van der Waals surface area contributed by atoms with E-state index in [1.165, 1.54) is 11.3 Å². The molecule has 0 radical (unpaired) electrons. The van der Waals surface area contributed by atoms with Gasteiger partial charge in [0.05, 0.1) is 5.01 Å². The molecule has 6 nitrogen and oxygen atoms in total. The van der Waals surface area contributed by atoms with Crippen LogP contribution in [0, 0.1) is 0 Å². The second kappa shape index (κ2) is 5.74. The van der Waals surface area contributed by atoms with Gasteiger partial charge >= 0.3 is 0 Å². The summed E-state index contributed by atoms with van der Waals surface area (Å²) in [5.74, 6) is 0.272. The number of hydrogen-bond acceptors (Lipinski definition) is 5. The van der Waals surface area contributed by atoms with Crippen LogP contribution in [0.1, 0.15) is 28.1 Å². The zero-order valence-electron chi connectivity index (χ0n) is 10.1. The number of carbonyl (C=O) groups excluding carboxylic acids is 1. The fourth-order valence-electron chi connectivity index (χ4n) is 1.44. The highest BCUT2D eigenvalue weighted by Gasteiger charge is 2.12. The number of aromatic nitrogens is 3. The largest absolute Gasteiger partial charge is 0.330 e. The van der Waals surface area contributed by atoms with Crippen LogP contribution in [-0.2, 0) is 12.8 Å². The number of H-pyrrole nitrogens is 1. The van der Waals surface area contributed by atoms with Crippen molar-refractivity contribution in [1.82, 2.24) is 15.2 Å². The highest BCUT2D eigenvalue weighted by molar-refractivity contribution is 7.09. The predicted octanol–water partition coefficient (Wildman–Crippen LogP) is 1.18. The SMILES string of the molecule is CCc1cc(NC(=O)c2csc(CCN)n2)n[nH]1. The Morgan fingerprint density at radius 2 is 2.44 bits per heavy atom. The quantitative estimate of drug-likeness (QED) is 0.756. The summed E-state index contributed by atoms with van der Waals surface area (Å²) in [6.07, 6.45) is 1.54. The maximum absolute atomic E-state index is 11.9. The Balaban J connectivity index is 2.02. The fraction of sp³-hybridized carbons (Fsp3) is 0.364. The van der Waals surface area contributed by atoms with Crippen molar-refractivity contribution in [2.45, 2.75) is 19.8 Å². The number of hydrogen-bond donors (Lipinski definition) is 3. The van der Waals surface area contributed by atoms with E-state index in [0.717, 1.165) is 17.1 Å². The molecule has 2 aromatic heterocycles. The molecule has 4 N–H and O–H groups in total. The van der Waals surface area contributed by atoms with Crippen LogP contribution in [-0.4, -0.2) is 27.6 Å². The second-order valence-corrected chi connectivity index (χ2v) is 4.69. The molecule has 0 bridgehead atoms. The number of nitrogens with one attached hydrogen (secondary N) is 2. The number of rotatable bonds is 5. The minimum atomic E-state index is -0.247. The Morgan fingerprint density at radius 3 is 3.11 bits per heavy atom. The van der Waals surface area contributed by atoms with Gasteiger partial charge in [-0.05, 0) is 13.0 Å². The van der Waals surface area contributed by atoms with E-state index >= 15 is 0 Å². The number of aromatic amines is 1. The van der Waals surface area contributed by atoms with E-state index in [9.17, 15) is 4.79 Å². The van der Waals surface area contributed by atoms with Crippen LogP contribution < -0.4 is 11.1 Å². The molecule has 0 aliphatic rings. The van der Waals surface area contributed by atoms with Gasteiger partial charge in [-0.3, -0.25) is 9.89 Å². The molecule has 0 unspecified atom stereocenters. The normalized spacial score (nSPS) is 10.6. The molecule has 0 aliphatic carbocycles. The van der Waals surface area contributed by atoms with E-state index in [1.54, 1.807) is 5.38 Å². The molecule has 0 spiro atoms. The summed E-state index contributed by atoms with van der Waals surface area (Å²) in [6, 6.07) is 1.81. The highest BCUT2D eigenvalue weighted by Crippen LogP contribution is 2.12. The van der Waals surface area contributed by atoms with E-state index < -0.39 is 0 Å². The first kappa shape index (κ1) is 12.7. The average molecular weight is 265 g/mol. The monoisotopic (exact) mass is 265 g/mol. The van der Waals surface area contributed by atoms with Gasteiger partial charge in [0.25, 0.3) is 5.91 Å². The summed E-state index contributed by atoms with van der Waals surface area (Å²) in [5.41, 5.74) is 6.83. The smallest absolute Gasteiger partial charge is 0.276 e. The van der Waals surface area contributed by atoms with Gasteiger partial charge in [-0.25, -0.2) is 4.98 Å². The Hall–Kier alpha value is -1.73. The Bertz CT molecular complexity index is 533. The van der Waals surface area contributed by atoms with Crippen molar-refractivity contribution in [1.29, 1.82) is 0 Å². The summed E-state index contributed by atoms with van der Waals surface area (Å²) in [6.45, 7) is 2.55. The maximum atomic E-state index is 11.9. The van der Waals surface area contributed by atoms with Crippen molar-refractivity contribution in [2.24, 2.45) is 5.73 Å². The van der Waals surface area contributed by atoms with Gasteiger partial charge in [0.2, 0.25) is 0 Å². The van der Waals surface area contributed by atoms with Crippen molar-refractivity contribution in [3.63, 3.8) is 0 Å². The second-order valence-electron chi connectivity index (χ2n) is 3.75. The molecule has 18 heavy (non-hydrogen) atoms. The molecule has 0 fully saturated rings. The van der Waals surface area contributed by atoms with Gasteiger partial charge in [0.1, 0.15) is 5.69 Å². The number of amides is 1. The molecule has 96 valence electrons. The van der Waals surface area contributed by atoms with E-state index in [0.29, 0.717) is 24.5 Å². The summed E-state index contributed by atoms with van der Waals surface area (Å²) in [4.78, 5) is 16.1. The number of nitrogens with two attached hydrogens (primary N) is 1. The molecule has 7 heteroatoms. The summed E-state index contributed by atoms with van der Waals surface area (Å²) in [7, 11) is 0.